The molecule has 1 unspecified atom stereocenters. The highest BCUT2D eigenvalue weighted by Gasteiger charge is 2.05. The quantitative estimate of drug-likeness (QED) is 0.899. The number of halogens is 1. The largest absolute Gasteiger partial charge is 0.308 e. The Bertz CT molecular complexity index is 494. The standard InChI is InChI=1S/C14H18ClN3/c1-11-4-5-13(14(15)8-11)9-16-12(2)10-18-7-3-6-17-18/h3-8,12,16H,9-10H2,1-2H3. The van der Waals surface area contributed by atoms with E-state index in [0.717, 1.165) is 23.7 Å². The molecular formula is C14H18ClN3. The first-order valence-corrected chi connectivity index (χ1v) is 6.49. The van der Waals surface area contributed by atoms with Gasteiger partial charge in [-0.1, -0.05) is 23.7 Å². The second-order valence-electron chi connectivity index (χ2n) is 4.60. The second-order valence-corrected chi connectivity index (χ2v) is 5.01. The third kappa shape index (κ3) is 3.59. The fourth-order valence-electron chi connectivity index (χ4n) is 1.83. The van der Waals surface area contributed by atoms with Crippen LogP contribution in [-0.4, -0.2) is 15.8 Å². The van der Waals surface area contributed by atoms with Crippen LogP contribution in [-0.2, 0) is 13.1 Å². The van der Waals surface area contributed by atoms with E-state index in [4.69, 9.17) is 11.6 Å². The first-order chi connectivity index (χ1) is 8.65. The summed E-state index contributed by atoms with van der Waals surface area (Å²) >= 11 is 6.20. The molecule has 0 bridgehead atoms. The lowest BCUT2D eigenvalue weighted by Crippen LogP contribution is -2.30. The Balaban J connectivity index is 1.87. The van der Waals surface area contributed by atoms with Crippen LogP contribution in [0.2, 0.25) is 5.02 Å². The fraction of sp³-hybridized carbons (Fsp3) is 0.357. The van der Waals surface area contributed by atoms with Crippen molar-refractivity contribution in [2.24, 2.45) is 0 Å². The van der Waals surface area contributed by atoms with Crippen LogP contribution in [0.4, 0.5) is 0 Å². The first-order valence-electron chi connectivity index (χ1n) is 6.11. The van der Waals surface area contributed by atoms with Crippen LogP contribution in [0.25, 0.3) is 0 Å². The van der Waals surface area contributed by atoms with Gasteiger partial charge in [-0.2, -0.15) is 5.10 Å². The van der Waals surface area contributed by atoms with Crippen molar-refractivity contribution >= 4 is 11.6 Å². The molecule has 18 heavy (non-hydrogen) atoms. The highest BCUT2D eigenvalue weighted by atomic mass is 35.5. The van der Waals surface area contributed by atoms with Gasteiger partial charge in [-0.25, -0.2) is 0 Å². The molecular weight excluding hydrogens is 246 g/mol. The smallest absolute Gasteiger partial charge is 0.0560 e. The Morgan fingerprint density at radius 1 is 1.44 bits per heavy atom. The zero-order chi connectivity index (χ0) is 13.0. The molecule has 2 rings (SSSR count). The summed E-state index contributed by atoms with van der Waals surface area (Å²) in [6, 6.07) is 8.44. The van der Waals surface area contributed by atoms with Gasteiger partial charge >= 0.3 is 0 Å². The highest BCUT2D eigenvalue weighted by Crippen LogP contribution is 2.17. The van der Waals surface area contributed by atoms with E-state index >= 15 is 0 Å². The van der Waals surface area contributed by atoms with Crippen LogP contribution in [0.1, 0.15) is 18.1 Å². The number of benzene rings is 1. The summed E-state index contributed by atoms with van der Waals surface area (Å²) < 4.78 is 1.93. The number of rotatable bonds is 5. The molecule has 1 aromatic heterocycles. The molecule has 1 atom stereocenters. The topological polar surface area (TPSA) is 29.9 Å². The van der Waals surface area contributed by atoms with Gasteiger partial charge in [-0.05, 0) is 37.1 Å². The average molecular weight is 264 g/mol. The predicted octanol–water partition coefficient (Wildman–Crippen LogP) is 3.02. The maximum absolute atomic E-state index is 6.20. The fourth-order valence-corrected chi connectivity index (χ4v) is 2.14. The highest BCUT2D eigenvalue weighted by molar-refractivity contribution is 6.31. The Morgan fingerprint density at radius 2 is 2.28 bits per heavy atom. The van der Waals surface area contributed by atoms with Crippen molar-refractivity contribution in [3.05, 3.63) is 52.8 Å². The van der Waals surface area contributed by atoms with Gasteiger partial charge in [0.25, 0.3) is 0 Å². The number of hydrogen-bond acceptors (Lipinski definition) is 2. The molecule has 1 aromatic carbocycles. The van der Waals surface area contributed by atoms with Gasteiger partial charge in [0.05, 0.1) is 6.54 Å². The monoisotopic (exact) mass is 263 g/mol. The number of aryl methyl sites for hydroxylation is 1. The normalized spacial score (nSPS) is 12.6. The zero-order valence-corrected chi connectivity index (χ0v) is 11.5. The molecule has 0 amide bonds. The Labute approximate surface area is 113 Å². The minimum atomic E-state index is 0.349. The number of aromatic nitrogens is 2. The van der Waals surface area contributed by atoms with E-state index in [9.17, 15) is 0 Å². The number of nitrogens with zero attached hydrogens (tertiary/aromatic N) is 2. The molecule has 2 aromatic rings. The second kappa shape index (κ2) is 6.03. The van der Waals surface area contributed by atoms with Gasteiger partial charge in [0.2, 0.25) is 0 Å². The summed E-state index contributed by atoms with van der Waals surface area (Å²) in [6.07, 6.45) is 3.76. The van der Waals surface area contributed by atoms with E-state index in [-0.39, 0.29) is 0 Å². The van der Waals surface area contributed by atoms with Crippen molar-refractivity contribution < 1.29 is 0 Å². The summed E-state index contributed by atoms with van der Waals surface area (Å²) in [5, 5.41) is 8.47. The Hall–Kier alpha value is -1.32. The van der Waals surface area contributed by atoms with Crippen LogP contribution in [0.3, 0.4) is 0 Å². The van der Waals surface area contributed by atoms with Crippen molar-refractivity contribution in [2.45, 2.75) is 33.0 Å². The van der Waals surface area contributed by atoms with Crippen LogP contribution >= 0.6 is 11.6 Å². The van der Waals surface area contributed by atoms with Crippen molar-refractivity contribution in [3.63, 3.8) is 0 Å². The van der Waals surface area contributed by atoms with E-state index in [1.807, 2.05) is 29.9 Å². The van der Waals surface area contributed by atoms with E-state index in [2.05, 4.69) is 29.5 Å². The minimum Gasteiger partial charge on any atom is -0.308 e. The summed E-state index contributed by atoms with van der Waals surface area (Å²) in [7, 11) is 0. The lowest BCUT2D eigenvalue weighted by atomic mass is 10.1. The Kier molecular flexibility index (Phi) is 4.39. The van der Waals surface area contributed by atoms with Crippen molar-refractivity contribution in [1.29, 1.82) is 0 Å². The molecule has 1 heterocycles. The lowest BCUT2D eigenvalue weighted by Gasteiger charge is -2.14. The van der Waals surface area contributed by atoms with E-state index in [1.165, 1.54) is 5.56 Å². The van der Waals surface area contributed by atoms with Crippen LogP contribution in [0, 0.1) is 6.92 Å². The summed E-state index contributed by atoms with van der Waals surface area (Å²) in [5.41, 5.74) is 2.32. The van der Waals surface area contributed by atoms with Gasteiger partial charge in [0.15, 0.2) is 0 Å². The predicted molar refractivity (Wildman–Crippen MR) is 74.7 cm³/mol. The van der Waals surface area contributed by atoms with Crippen LogP contribution in [0.5, 0.6) is 0 Å². The minimum absolute atomic E-state index is 0.349. The number of nitrogens with one attached hydrogen (secondary N) is 1. The molecule has 0 saturated carbocycles. The first kappa shape index (κ1) is 13.1. The third-order valence-electron chi connectivity index (χ3n) is 2.87. The maximum atomic E-state index is 6.20. The van der Waals surface area contributed by atoms with Crippen molar-refractivity contribution in [2.75, 3.05) is 0 Å². The van der Waals surface area contributed by atoms with Crippen molar-refractivity contribution in [1.82, 2.24) is 15.1 Å². The number of hydrogen-bond donors (Lipinski definition) is 1. The average Bonchev–Trinajstić information content (AvgIpc) is 2.80. The molecule has 0 radical (unpaired) electrons. The zero-order valence-electron chi connectivity index (χ0n) is 10.7. The van der Waals surface area contributed by atoms with E-state index in [1.54, 1.807) is 6.20 Å². The molecule has 0 aliphatic carbocycles. The maximum Gasteiger partial charge on any atom is 0.0560 e. The van der Waals surface area contributed by atoms with Gasteiger partial charge in [0, 0.05) is 30.0 Å². The summed E-state index contributed by atoms with van der Waals surface area (Å²) in [6.45, 7) is 5.82. The molecule has 0 saturated heterocycles. The van der Waals surface area contributed by atoms with Gasteiger partial charge < -0.3 is 5.32 Å². The molecule has 0 fully saturated rings. The summed E-state index contributed by atoms with van der Waals surface area (Å²) in [4.78, 5) is 0. The molecule has 0 spiro atoms. The van der Waals surface area contributed by atoms with Crippen LogP contribution in [0.15, 0.2) is 36.7 Å². The SMILES string of the molecule is Cc1ccc(CNC(C)Cn2cccn2)c(Cl)c1. The molecule has 3 nitrogen and oxygen atoms in total. The van der Waals surface area contributed by atoms with Gasteiger partial charge in [0.1, 0.15) is 0 Å². The van der Waals surface area contributed by atoms with E-state index in [0.29, 0.717) is 6.04 Å². The lowest BCUT2D eigenvalue weighted by molar-refractivity contribution is 0.451. The van der Waals surface area contributed by atoms with Crippen molar-refractivity contribution in [3.8, 4) is 0 Å². The molecule has 0 aliphatic rings. The molecule has 4 heteroatoms. The van der Waals surface area contributed by atoms with Crippen LogP contribution < -0.4 is 5.32 Å². The van der Waals surface area contributed by atoms with E-state index < -0.39 is 0 Å². The molecule has 96 valence electrons. The molecule has 0 aliphatic heterocycles. The van der Waals surface area contributed by atoms with Gasteiger partial charge in [-0.3, -0.25) is 4.68 Å². The molecule has 1 N–H and O–H groups in total. The summed E-state index contributed by atoms with van der Waals surface area (Å²) in [5.74, 6) is 0. The Morgan fingerprint density at radius 3 is 2.94 bits per heavy atom. The van der Waals surface area contributed by atoms with Gasteiger partial charge in [-0.15, -0.1) is 0 Å². The third-order valence-corrected chi connectivity index (χ3v) is 3.22.